The molecule has 0 fully saturated rings. The number of amides is 2. The van der Waals surface area contributed by atoms with Crippen LogP contribution in [0.5, 0.6) is 0 Å². The highest BCUT2D eigenvalue weighted by Crippen LogP contribution is 2.30. The zero-order valence-corrected chi connectivity index (χ0v) is 14.8. The number of nitrogens with zero attached hydrogens (tertiary/aromatic N) is 2. The maximum atomic E-state index is 12.3. The summed E-state index contributed by atoms with van der Waals surface area (Å²) < 4.78 is 7.67. The number of aryl methyl sites for hydroxylation is 1. The summed E-state index contributed by atoms with van der Waals surface area (Å²) >= 11 is 0. The summed E-state index contributed by atoms with van der Waals surface area (Å²) in [6, 6.07) is 7.62. The first-order valence-electron chi connectivity index (χ1n) is 9.25. The standard InChI is InChI=1S/C20H24N4O2/c25-20(22-12-15-6-5-11-26-14-15)23-18-9-2-1-8-17(18)19-21-13-16-7-3-4-10-24(16)19/h1-2,6,8-9,13H,3-5,7,10-12,14H2,(H2,22,23,25). The Morgan fingerprint density at radius 2 is 2.19 bits per heavy atom. The number of hydrogen-bond acceptors (Lipinski definition) is 3. The first-order chi connectivity index (χ1) is 12.8. The van der Waals surface area contributed by atoms with Crippen LogP contribution in [0.3, 0.4) is 0 Å². The van der Waals surface area contributed by atoms with Gasteiger partial charge in [0.15, 0.2) is 0 Å². The highest BCUT2D eigenvalue weighted by atomic mass is 16.5. The predicted octanol–water partition coefficient (Wildman–Crippen LogP) is 3.35. The smallest absolute Gasteiger partial charge is 0.319 e. The van der Waals surface area contributed by atoms with Crippen molar-refractivity contribution in [1.82, 2.24) is 14.9 Å². The largest absolute Gasteiger partial charge is 0.377 e. The van der Waals surface area contributed by atoms with E-state index in [1.165, 1.54) is 18.5 Å². The molecule has 1 aromatic carbocycles. The Morgan fingerprint density at radius 1 is 1.27 bits per heavy atom. The van der Waals surface area contributed by atoms with E-state index in [2.05, 4.69) is 26.3 Å². The van der Waals surface area contributed by atoms with Crippen LogP contribution in [0, 0.1) is 0 Å². The number of imidazole rings is 1. The predicted molar refractivity (Wildman–Crippen MR) is 101 cm³/mol. The zero-order valence-electron chi connectivity index (χ0n) is 14.8. The maximum absolute atomic E-state index is 12.3. The molecule has 0 saturated carbocycles. The van der Waals surface area contributed by atoms with E-state index in [0.717, 1.165) is 48.6 Å². The van der Waals surface area contributed by atoms with Crippen LogP contribution in [-0.2, 0) is 17.7 Å². The van der Waals surface area contributed by atoms with Crippen LogP contribution in [0.15, 0.2) is 42.1 Å². The number of rotatable bonds is 4. The van der Waals surface area contributed by atoms with Gasteiger partial charge in [-0.25, -0.2) is 9.78 Å². The average molecular weight is 352 g/mol. The first kappa shape index (κ1) is 16.8. The molecule has 0 unspecified atom stereocenters. The van der Waals surface area contributed by atoms with E-state index in [1.54, 1.807) is 0 Å². The van der Waals surface area contributed by atoms with Gasteiger partial charge in [0.2, 0.25) is 0 Å². The number of carbonyl (C=O) groups is 1. The van der Waals surface area contributed by atoms with Gasteiger partial charge in [0.25, 0.3) is 0 Å². The molecular formula is C20H24N4O2. The van der Waals surface area contributed by atoms with Crippen LogP contribution >= 0.6 is 0 Å². The average Bonchev–Trinajstić information content (AvgIpc) is 3.12. The number of hydrogen-bond donors (Lipinski definition) is 2. The Labute approximate surface area is 153 Å². The van der Waals surface area contributed by atoms with E-state index in [-0.39, 0.29) is 6.03 Å². The van der Waals surface area contributed by atoms with Gasteiger partial charge in [-0.3, -0.25) is 0 Å². The van der Waals surface area contributed by atoms with Crippen molar-refractivity contribution in [1.29, 1.82) is 0 Å². The lowest BCUT2D eigenvalue weighted by molar-refractivity contribution is 0.149. The second-order valence-electron chi connectivity index (χ2n) is 6.74. The number of aromatic nitrogens is 2. The minimum atomic E-state index is -0.214. The van der Waals surface area contributed by atoms with Crippen LogP contribution in [0.25, 0.3) is 11.4 Å². The summed E-state index contributed by atoms with van der Waals surface area (Å²) in [5.41, 5.74) is 4.12. The van der Waals surface area contributed by atoms with Crippen molar-refractivity contribution < 1.29 is 9.53 Å². The summed E-state index contributed by atoms with van der Waals surface area (Å²) in [6.45, 7) is 2.85. The molecule has 26 heavy (non-hydrogen) atoms. The SMILES string of the molecule is O=C(NCC1=CCCOC1)Nc1ccccc1-c1ncc2n1CCCC2. The second-order valence-corrected chi connectivity index (χ2v) is 6.74. The molecule has 2 N–H and O–H groups in total. The van der Waals surface area contributed by atoms with Gasteiger partial charge >= 0.3 is 6.03 Å². The number of carbonyl (C=O) groups excluding carboxylic acids is 1. The normalized spacial score (nSPS) is 16.5. The molecule has 0 atom stereocenters. The lowest BCUT2D eigenvalue weighted by atomic mass is 10.1. The molecular weight excluding hydrogens is 328 g/mol. The van der Waals surface area contributed by atoms with Crippen molar-refractivity contribution in [3.8, 4) is 11.4 Å². The molecule has 6 nitrogen and oxygen atoms in total. The number of fused-ring (bicyclic) bond motifs is 1. The topological polar surface area (TPSA) is 68.2 Å². The summed E-state index contributed by atoms with van der Waals surface area (Å²) in [4.78, 5) is 17.0. The fourth-order valence-corrected chi connectivity index (χ4v) is 3.53. The molecule has 3 heterocycles. The van der Waals surface area contributed by atoms with Crippen LogP contribution < -0.4 is 10.6 Å². The number of ether oxygens (including phenoxy) is 1. The number of nitrogens with one attached hydrogen (secondary N) is 2. The third-order valence-corrected chi connectivity index (χ3v) is 4.88. The molecule has 2 amide bonds. The molecule has 2 aliphatic heterocycles. The van der Waals surface area contributed by atoms with Crippen molar-refractivity contribution in [3.63, 3.8) is 0 Å². The molecule has 136 valence electrons. The molecule has 0 spiro atoms. The summed E-state index contributed by atoms with van der Waals surface area (Å²) in [5.74, 6) is 0.930. The van der Waals surface area contributed by atoms with Gasteiger partial charge in [0.05, 0.1) is 18.9 Å². The quantitative estimate of drug-likeness (QED) is 0.829. The molecule has 4 rings (SSSR count). The molecule has 0 radical (unpaired) electrons. The van der Waals surface area contributed by atoms with Gasteiger partial charge in [-0.2, -0.15) is 0 Å². The van der Waals surface area contributed by atoms with E-state index < -0.39 is 0 Å². The Kier molecular flexibility index (Phi) is 5.02. The van der Waals surface area contributed by atoms with Crippen molar-refractivity contribution in [2.45, 2.75) is 32.2 Å². The van der Waals surface area contributed by atoms with Crippen LogP contribution in [0.4, 0.5) is 10.5 Å². The zero-order chi connectivity index (χ0) is 17.8. The summed E-state index contributed by atoms with van der Waals surface area (Å²) in [6.07, 6.45) is 8.46. The molecule has 0 bridgehead atoms. The number of anilines is 1. The van der Waals surface area contributed by atoms with Gasteiger partial charge in [-0.15, -0.1) is 0 Å². The molecule has 0 saturated heterocycles. The Morgan fingerprint density at radius 3 is 3.08 bits per heavy atom. The van der Waals surface area contributed by atoms with E-state index in [0.29, 0.717) is 13.2 Å². The maximum Gasteiger partial charge on any atom is 0.319 e. The summed E-state index contributed by atoms with van der Waals surface area (Å²) in [5, 5.41) is 5.88. The van der Waals surface area contributed by atoms with E-state index in [4.69, 9.17) is 4.74 Å². The monoisotopic (exact) mass is 352 g/mol. The molecule has 1 aromatic heterocycles. The second kappa shape index (κ2) is 7.74. The Bertz CT molecular complexity index is 825. The van der Waals surface area contributed by atoms with Crippen LogP contribution in [0.1, 0.15) is 25.0 Å². The fourth-order valence-electron chi connectivity index (χ4n) is 3.53. The van der Waals surface area contributed by atoms with E-state index >= 15 is 0 Å². The molecule has 6 heteroatoms. The van der Waals surface area contributed by atoms with Crippen LogP contribution in [0.2, 0.25) is 0 Å². The van der Waals surface area contributed by atoms with Gasteiger partial charge < -0.3 is 19.9 Å². The van der Waals surface area contributed by atoms with Crippen molar-refractivity contribution in [2.75, 3.05) is 25.1 Å². The lowest BCUT2D eigenvalue weighted by Gasteiger charge is -2.18. The molecule has 2 aliphatic rings. The van der Waals surface area contributed by atoms with Crippen LogP contribution in [-0.4, -0.2) is 35.3 Å². The fraction of sp³-hybridized carbons (Fsp3) is 0.400. The van der Waals surface area contributed by atoms with E-state index in [9.17, 15) is 4.79 Å². The number of urea groups is 1. The van der Waals surface area contributed by atoms with Gasteiger partial charge in [0.1, 0.15) is 5.82 Å². The lowest BCUT2D eigenvalue weighted by Crippen LogP contribution is -2.32. The minimum Gasteiger partial charge on any atom is -0.377 e. The van der Waals surface area contributed by atoms with Gasteiger partial charge in [-0.05, 0) is 43.4 Å². The van der Waals surface area contributed by atoms with Crippen molar-refractivity contribution in [2.24, 2.45) is 0 Å². The minimum absolute atomic E-state index is 0.214. The van der Waals surface area contributed by atoms with Gasteiger partial charge in [-0.1, -0.05) is 18.2 Å². The molecule has 0 aliphatic carbocycles. The van der Waals surface area contributed by atoms with Crippen molar-refractivity contribution in [3.05, 3.63) is 47.8 Å². The first-order valence-corrected chi connectivity index (χ1v) is 9.25. The third kappa shape index (κ3) is 3.65. The number of para-hydroxylation sites is 1. The number of benzene rings is 1. The third-order valence-electron chi connectivity index (χ3n) is 4.88. The van der Waals surface area contributed by atoms with E-state index in [1.807, 2.05) is 30.5 Å². The Hall–Kier alpha value is -2.60. The molecule has 2 aromatic rings. The highest BCUT2D eigenvalue weighted by Gasteiger charge is 2.18. The Balaban J connectivity index is 1.48. The highest BCUT2D eigenvalue weighted by molar-refractivity contribution is 5.93. The van der Waals surface area contributed by atoms with Crippen molar-refractivity contribution >= 4 is 11.7 Å². The van der Waals surface area contributed by atoms with Gasteiger partial charge in [0, 0.05) is 30.5 Å². The summed E-state index contributed by atoms with van der Waals surface area (Å²) in [7, 11) is 0.